The zero-order chi connectivity index (χ0) is 12.5. The first kappa shape index (κ1) is 10.8. The zero-order valence-electron chi connectivity index (χ0n) is 9.56. The number of carbonyl (C=O) groups excluding carboxylic acids is 1. The molecular weight excluding hydrogens is 229 g/mol. The molecule has 2 nitrogen and oxygen atoms in total. The molecule has 0 fully saturated rings. The third kappa shape index (κ3) is 1.74. The maximum Gasteiger partial charge on any atom is 0.191 e. The quantitative estimate of drug-likeness (QED) is 0.730. The van der Waals surface area contributed by atoms with Crippen LogP contribution in [0.5, 0.6) is 0 Å². The van der Waals surface area contributed by atoms with Crippen molar-refractivity contribution >= 4 is 11.4 Å². The van der Waals surface area contributed by atoms with E-state index in [-0.39, 0.29) is 11.6 Å². The Morgan fingerprint density at radius 1 is 1.06 bits per heavy atom. The smallest absolute Gasteiger partial charge is 0.191 e. The first-order valence-electron chi connectivity index (χ1n) is 5.69. The second-order valence-corrected chi connectivity index (χ2v) is 4.15. The molecule has 1 aliphatic heterocycles. The first-order valence-corrected chi connectivity index (χ1v) is 5.69. The third-order valence-corrected chi connectivity index (χ3v) is 3.02. The number of hydrogen-bond acceptors (Lipinski definition) is 2. The fraction of sp³-hybridized carbons (Fsp3) is 0.0667. The van der Waals surface area contributed by atoms with Crippen molar-refractivity contribution in [2.24, 2.45) is 4.99 Å². The van der Waals surface area contributed by atoms with E-state index in [1.54, 1.807) is 0 Å². The Kier molecular flexibility index (Phi) is 2.52. The van der Waals surface area contributed by atoms with E-state index in [2.05, 4.69) is 4.99 Å². The zero-order valence-corrected chi connectivity index (χ0v) is 9.56. The molecule has 0 atom stereocenters. The highest BCUT2D eigenvalue weighted by Gasteiger charge is 2.16. The molecule has 2 aromatic carbocycles. The molecule has 3 heteroatoms. The normalized spacial score (nSPS) is 13.1. The summed E-state index contributed by atoms with van der Waals surface area (Å²) in [5.74, 6) is -0.420. The van der Waals surface area contributed by atoms with Crippen molar-refractivity contribution in [2.75, 3.05) is 6.54 Å². The van der Waals surface area contributed by atoms with Crippen LogP contribution in [-0.2, 0) is 0 Å². The highest BCUT2D eigenvalue weighted by molar-refractivity contribution is 6.25. The maximum absolute atomic E-state index is 12.8. The van der Waals surface area contributed by atoms with Gasteiger partial charge in [-0.2, -0.15) is 0 Å². The number of ketones is 1. The Bertz CT molecular complexity index is 732. The summed E-state index contributed by atoms with van der Waals surface area (Å²) in [6, 6.07) is 13.2. The standard InChI is InChI=1S/C15H10FNO/c16-11-7-5-10(6-8-11)15(18)13-9-17-14-4-2-1-3-12(13)14/h1-8H,9H2. The molecular formula is C15H10FNO. The van der Waals surface area contributed by atoms with Gasteiger partial charge in [-0.1, -0.05) is 18.2 Å². The van der Waals surface area contributed by atoms with Crippen LogP contribution < -0.4 is 10.6 Å². The summed E-state index contributed by atoms with van der Waals surface area (Å²) in [6.45, 7) is 0.398. The van der Waals surface area contributed by atoms with E-state index >= 15 is 0 Å². The van der Waals surface area contributed by atoms with Gasteiger partial charge in [-0.15, -0.1) is 0 Å². The Balaban J connectivity index is 2.11. The number of hydrogen-bond donors (Lipinski definition) is 0. The fourth-order valence-corrected chi connectivity index (χ4v) is 2.09. The summed E-state index contributed by atoms with van der Waals surface area (Å²) in [7, 11) is 0. The van der Waals surface area contributed by atoms with E-state index in [0.29, 0.717) is 17.7 Å². The summed E-state index contributed by atoms with van der Waals surface area (Å²) >= 11 is 0. The first-order chi connectivity index (χ1) is 8.75. The number of fused-ring (bicyclic) bond motifs is 1. The second kappa shape index (κ2) is 4.18. The largest absolute Gasteiger partial charge is 0.289 e. The summed E-state index contributed by atoms with van der Waals surface area (Å²) in [5, 5.41) is 1.73. The number of rotatable bonds is 2. The number of nitrogens with zero attached hydrogens (tertiary/aromatic N) is 1. The lowest BCUT2D eigenvalue weighted by molar-refractivity contribution is 0.105. The van der Waals surface area contributed by atoms with Crippen molar-refractivity contribution in [3.63, 3.8) is 0 Å². The van der Waals surface area contributed by atoms with Crippen LogP contribution in [0, 0.1) is 5.82 Å². The van der Waals surface area contributed by atoms with Crippen LogP contribution >= 0.6 is 0 Å². The summed E-state index contributed by atoms with van der Waals surface area (Å²) in [6.07, 6.45) is 0. The molecule has 0 N–H and O–H groups in total. The minimum Gasteiger partial charge on any atom is -0.289 e. The van der Waals surface area contributed by atoms with Gasteiger partial charge in [0.15, 0.2) is 5.78 Å². The number of halogens is 1. The van der Waals surface area contributed by atoms with Gasteiger partial charge in [-0.25, -0.2) is 4.39 Å². The number of benzene rings is 2. The van der Waals surface area contributed by atoms with Crippen molar-refractivity contribution in [3.8, 4) is 0 Å². The summed E-state index contributed by atoms with van der Waals surface area (Å²) in [5.41, 5.74) is 1.18. The van der Waals surface area contributed by atoms with Gasteiger partial charge < -0.3 is 0 Å². The van der Waals surface area contributed by atoms with Crippen LogP contribution in [0.2, 0.25) is 0 Å². The lowest BCUT2D eigenvalue weighted by Crippen LogP contribution is -2.24. The van der Waals surface area contributed by atoms with Gasteiger partial charge in [0, 0.05) is 16.4 Å². The average Bonchev–Trinajstić information content (AvgIpc) is 2.82. The highest BCUT2D eigenvalue weighted by Crippen LogP contribution is 2.11. The second-order valence-electron chi connectivity index (χ2n) is 4.15. The molecule has 1 aliphatic rings. The maximum atomic E-state index is 12.8. The topological polar surface area (TPSA) is 29.4 Å². The van der Waals surface area contributed by atoms with E-state index in [1.807, 2.05) is 24.3 Å². The molecule has 0 aromatic heterocycles. The van der Waals surface area contributed by atoms with Crippen LogP contribution in [0.25, 0.3) is 5.57 Å². The van der Waals surface area contributed by atoms with Crippen molar-refractivity contribution in [1.29, 1.82) is 0 Å². The highest BCUT2D eigenvalue weighted by atomic mass is 19.1. The minimum absolute atomic E-state index is 0.0799. The van der Waals surface area contributed by atoms with Crippen molar-refractivity contribution < 1.29 is 9.18 Å². The monoisotopic (exact) mass is 239 g/mol. The molecule has 0 unspecified atom stereocenters. The lowest BCUT2D eigenvalue weighted by atomic mass is 10.0. The predicted molar refractivity (Wildman–Crippen MR) is 66.2 cm³/mol. The van der Waals surface area contributed by atoms with E-state index < -0.39 is 0 Å². The molecule has 18 heavy (non-hydrogen) atoms. The van der Waals surface area contributed by atoms with Gasteiger partial charge in [0.1, 0.15) is 5.82 Å². The van der Waals surface area contributed by atoms with Crippen LogP contribution in [0.3, 0.4) is 0 Å². The van der Waals surface area contributed by atoms with Gasteiger partial charge in [0.25, 0.3) is 0 Å². The average molecular weight is 239 g/mol. The van der Waals surface area contributed by atoms with Gasteiger partial charge in [-0.05, 0) is 30.3 Å². The summed E-state index contributed by atoms with van der Waals surface area (Å²) in [4.78, 5) is 16.6. The van der Waals surface area contributed by atoms with E-state index in [1.165, 1.54) is 24.3 Å². The Morgan fingerprint density at radius 2 is 1.78 bits per heavy atom. The third-order valence-electron chi connectivity index (χ3n) is 3.02. The molecule has 2 aromatic rings. The molecule has 3 rings (SSSR count). The minimum atomic E-state index is -0.340. The molecule has 0 spiro atoms. The molecule has 0 amide bonds. The van der Waals surface area contributed by atoms with Crippen LogP contribution in [0.1, 0.15) is 10.4 Å². The van der Waals surface area contributed by atoms with Crippen LogP contribution in [-0.4, -0.2) is 12.3 Å². The van der Waals surface area contributed by atoms with E-state index in [9.17, 15) is 9.18 Å². The van der Waals surface area contributed by atoms with E-state index in [0.717, 1.165) is 10.6 Å². The van der Waals surface area contributed by atoms with Crippen molar-refractivity contribution in [1.82, 2.24) is 0 Å². The van der Waals surface area contributed by atoms with Crippen molar-refractivity contribution in [3.05, 3.63) is 70.5 Å². The summed E-state index contributed by atoms with van der Waals surface area (Å²) < 4.78 is 12.8. The van der Waals surface area contributed by atoms with Gasteiger partial charge in [0.05, 0.1) is 11.9 Å². The molecule has 1 heterocycles. The molecule has 0 bridgehead atoms. The lowest BCUT2D eigenvalue weighted by Gasteiger charge is -2.01. The number of carbonyl (C=O) groups is 1. The SMILES string of the molecule is O=C(C1=c2ccccc2=NC1)c1ccc(F)cc1. The molecule has 88 valence electrons. The van der Waals surface area contributed by atoms with E-state index in [4.69, 9.17) is 0 Å². The van der Waals surface area contributed by atoms with Gasteiger partial charge in [-0.3, -0.25) is 9.79 Å². The Hall–Kier alpha value is -2.29. The van der Waals surface area contributed by atoms with Crippen LogP contribution in [0.15, 0.2) is 53.5 Å². The molecule has 0 saturated heterocycles. The predicted octanol–water partition coefficient (Wildman–Crippen LogP) is 1.49. The molecule has 0 saturated carbocycles. The number of para-hydroxylation sites is 1. The molecule has 0 aliphatic carbocycles. The molecule has 0 radical (unpaired) electrons. The fourth-order valence-electron chi connectivity index (χ4n) is 2.09. The van der Waals surface area contributed by atoms with Crippen molar-refractivity contribution in [2.45, 2.75) is 0 Å². The Labute approximate surface area is 103 Å². The van der Waals surface area contributed by atoms with Crippen LogP contribution in [0.4, 0.5) is 4.39 Å². The van der Waals surface area contributed by atoms with Gasteiger partial charge in [0.2, 0.25) is 0 Å². The van der Waals surface area contributed by atoms with Gasteiger partial charge >= 0.3 is 0 Å². The Morgan fingerprint density at radius 3 is 2.56 bits per heavy atom. The number of Topliss-reactive ketones (excluding diaryl/α,β-unsaturated/α-hetero) is 1.